The predicted octanol–water partition coefficient (Wildman–Crippen LogP) is 2.01. The van der Waals surface area contributed by atoms with Gasteiger partial charge in [-0.1, -0.05) is 37.3 Å². The van der Waals surface area contributed by atoms with Gasteiger partial charge in [0.05, 0.1) is 4.90 Å². The first-order chi connectivity index (χ1) is 10.0. The van der Waals surface area contributed by atoms with Crippen molar-refractivity contribution in [2.24, 2.45) is 0 Å². The molecule has 0 amide bonds. The van der Waals surface area contributed by atoms with Gasteiger partial charge in [-0.2, -0.15) is 0 Å². The lowest BCUT2D eigenvalue weighted by Gasteiger charge is -2.06. The van der Waals surface area contributed by atoms with Crippen LogP contribution in [-0.2, 0) is 23.0 Å². The highest BCUT2D eigenvalue weighted by Crippen LogP contribution is 2.20. The van der Waals surface area contributed by atoms with Crippen molar-refractivity contribution < 1.29 is 8.42 Å². The van der Waals surface area contributed by atoms with Gasteiger partial charge in [0, 0.05) is 6.54 Å². The van der Waals surface area contributed by atoms with Crippen LogP contribution in [0.4, 0.5) is 5.13 Å². The van der Waals surface area contributed by atoms with Crippen LogP contribution in [0.3, 0.4) is 0 Å². The molecule has 0 radical (unpaired) electrons. The van der Waals surface area contributed by atoms with Crippen LogP contribution in [0.1, 0.15) is 24.4 Å². The number of anilines is 1. The van der Waals surface area contributed by atoms with Crippen LogP contribution >= 0.6 is 11.3 Å². The Morgan fingerprint density at radius 3 is 2.43 bits per heavy atom. The molecule has 2 aromatic rings. The summed E-state index contributed by atoms with van der Waals surface area (Å²) in [5, 5.41) is 12.0. The third-order valence-corrected chi connectivity index (χ3v) is 5.27. The van der Waals surface area contributed by atoms with Crippen molar-refractivity contribution >= 4 is 26.5 Å². The van der Waals surface area contributed by atoms with E-state index in [2.05, 4.69) is 20.2 Å². The molecule has 0 saturated heterocycles. The largest absolute Gasteiger partial charge is 0.313 e. The lowest BCUT2D eigenvalue weighted by atomic mass is 10.2. The van der Waals surface area contributed by atoms with Crippen molar-refractivity contribution in [3.05, 3.63) is 34.8 Å². The smallest absolute Gasteiger partial charge is 0.263 e. The van der Waals surface area contributed by atoms with Gasteiger partial charge in [-0.05, 0) is 30.7 Å². The summed E-state index contributed by atoms with van der Waals surface area (Å²) in [4.78, 5) is 0.219. The summed E-state index contributed by atoms with van der Waals surface area (Å²) in [6, 6.07) is 6.79. The molecule has 2 N–H and O–H groups in total. The van der Waals surface area contributed by atoms with E-state index in [9.17, 15) is 8.42 Å². The number of benzene rings is 1. The van der Waals surface area contributed by atoms with Crippen LogP contribution in [0.5, 0.6) is 0 Å². The second-order valence-electron chi connectivity index (χ2n) is 4.38. The molecule has 1 aromatic carbocycles. The van der Waals surface area contributed by atoms with E-state index in [1.165, 1.54) is 11.3 Å². The Kier molecular flexibility index (Phi) is 5.27. The summed E-state index contributed by atoms with van der Waals surface area (Å²) in [7, 11) is -3.61. The zero-order chi connectivity index (χ0) is 15.3. The number of nitrogens with one attached hydrogen (secondary N) is 2. The van der Waals surface area contributed by atoms with E-state index in [-0.39, 0.29) is 4.90 Å². The van der Waals surface area contributed by atoms with Crippen LogP contribution < -0.4 is 10.0 Å². The fraction of sp³-hybridized carbons (Fsp3) is 0.385. The van der Waals surface area contributed by atoms with Crippen LogP contribution in [0, 0.1) is 0 Å². The lowest BCUT2D eigenvalue weighted by Crippen LogP contribution is -2.14. The maximum atomic E-state index is 12.2. The highest BCUT2D eigenvalue weighted by Gasteiger charge is 2.16. The summed E-state index contributed by atoms with van der Waals surface area (Å²) in [6.07, 6.45) is 0.735. The lowest BCUT2D eigenvalue weighted by molar-refractivity contribution is 0.601. The van der Waals surface area contributed by atoms with Crippen molar-refractivity contribution in [3.8, 4) is 0 Å². The molecule has 8 heteroatoms. The van der Waals surface area contributed by atoms with Crippen molar-refractivity contribution in [2.45, 2.75) is 31.7 Å². The number of aryl methyl sites for hydroxylation is 1. The van der Waals surface area contributed by atoms with Gasteiger partial charge >= 0.3 is 0 Å². The molecule has 0 saturated carbocycles. The Bertz CT molecular complexity index is 680. The Hall–Kier alpha value is -1.51. The van der Waals surface area contributed by atoms with E-state index in [0.29, 0.717) is 5.13 Å². The molecule has 0 fully saturated rings. The maximum Gasteiger partial charge on any atom is 0.263 e. The Morgan fingerprint density at radius 2 is 1.86 bits per heavy atom. The summed E-state index contributed by atoms with van der Waals surface area (Å²) in [5.74, 6) is 0. The molecule has 1 heterocycles. The van der Waals surface area contributed by atoms with Crippen molar-refractivity contribution in [1.82, 2.24) is 15.5 Å². The van der Waals surface area contributed by atoms with E-state index < -0.39 is 10.0 Å². The zero-order valence-corrected chi connectivity index (χ0v) is 13.6. The van der Waals surface area contributed by atoms with Gasteiger partial charge in [0.15, 0.2) is 0 Å². The van der Waals surface area contributed by atoms with E-state index in [4.69, 9.17) is 0 Å². The van der Waals surface area contributed by atoms with Gasteiger partial charge in [-0.15, -0.1) is 10.2 Å². The first-order valence-corrected chi connectivity index (χ1v) is 9.00. The molecule has 6 nitrogen and oxygen atoms in total. The standard InChI is InChI=1S/C13H18N4O2S2/c1-3-12-15-16-13(20-12)17-21(18,19)11-7-5-10(6-8-11)9-14-4-2/h5-8,14H,3-4,9H2,1-2H3,(H,16,17). The second-order valence-corrected chi connectivity index (χ2v) is 7.13. The topological polar surface area (TPSA) is 84.0 Å². The molecule has 0 bridgehead atoms. The third kappa shape index (κ3) is 4.23. The molecule has 0 atom stereocenters. The molecule has 1 aromatic heterocycles. The first kappa shape index (κ1) is 15.9. The van der Waals surface area contributed by atoms with Gasteiger partial charge in [-0.25, -0.2) is 8.42 Å². The number of aromatic nitrogens is 2. The van der Waals surface area contributed by atoms with E-state index >= 15 is 0 Å². The molecule has 114 valence electrons. The highest BCUT2D eigenvalue weighted by atomic mass is 32.2. The molecule has 21 heavy (non-hydrogen) atoms. The fourth-order valence-electron chi connectivity index (χ4n) is 1.67. The quantitative estimate of drug-likeness (QED) is 0.813. The number of nitrogens with zero attached hydrogens (tertiary/aromatic N) is 2. The van der Waals surface area contributed by atoms with E-state index in [1.54, 1.807) is 24.3 Å². The van der Waals surface area contributed by atoms with Crippen molar-refractivity contribution in [2.75, 3.05) is 11.3 Å². The Morgan fingerprint density at radius 1 is 1.14 bits per heavy atom. The predicted molar refractivity (Wildman–Crippen MR) is 83.9 cm³/mol. The van der Waals surface area contributed by atoms with Gasteiger partial charge < -0.3 is 5.32 Å². The molecule has 0 spiro atoms. The normalized spacial score (nSPS) is 11.5. The molecule has 0 unspecified atom stereocenters. The Balaban J connectivity index is 2.11. The van der Waals surface area contributed by atoms with Crippen LogP contribution in [-0.4, -0.2) is 25.2 Å². The minimum Gasteiger partial charge on any atom is -0.313 e. The van der Waals surface area contributed by atoms with E-state index in [0.717, 1.165) is 30.1 Å². The molecule has 0 aliphatic rings. The SMILES string of the molecule is CCNCc1ccc(S(=O)(=O)Nc2nnc(CC)s2)cc1. The number of rotatable bonds is 7. The molecule has 0 aliphatic heterocycles. The van der Waals surface area contributed by atoms with Gasteiger partial charge in [0.25, 0.3) is 10.0 Å². The molecular formula is C13H18N4O2S2. The molecule has 2 rings (SSSR count). The zero-order valence-electron chi connectivity index (χ0n) is 12.0. The second kappa shape index (κ2) is 6.97. The number of sulfonamides is 1. The first-order valence-electron chi connectivity index (χ1n) is 6.70. The maximum absolute atomic E-state index is 12.2. The summed E-state index contributed by atoms with van der Waals surface area (Å²) >= 11 is 1.25. The van der Waals surface area contributed by atoms with Crippen molar-refractivity contribution in [3.63, 3.8) is 0 Å². The minimum absolute atomic E-state index is 0.219. The van der Waals surface area contributed by atoms with Crippen LogP contribution in [0.25, 0.3) is 0 Å². The van der Waals surface area contributed by atoms with Crippen LogP contribution in [0.2, 0.25) is 0 Å². The summed E-state index contributed by atoms with van der Waals surface area (Å²) < 4.78 is 26.9. The molecular weight excluding hydrogens is 308 g/mol. The number of hydrogen-bond acceptors (Lipinski definition) is 6. The average Bonchev–Trinajstić information content (AvgIpc) is 2.92. The summed E-state index contributed by atoms with van der Waals surface area (Å²) in [5.41, 5.74) is 1.04. The van der Waals surface area contributed by atoms with Gasteiger partial charge in [0.2, 0.25) is 5.13 Å². The third-order valence-electron chi connectivity index (χ3n) is 2.80. The number of hydrogen-bond donors (Lipinski definition) is 2. The van der Waals surface area contributed by atoms with Crippen LogP contribution in [0.15, 0.2) is 29.2 Å². The average molecular weight is 326 g/mol. The van der Waals surface area contributed by atoms with Gasteiger partial charge in [-0.3, -0.25) is 4.72 Å². The fourth-order valence-corrected chi connectivity index (χ4v) is 3.58. The highest BCUT2D eigenvalue weighted by molar-refractivity contribution is 7.93. The Labute approximate surface area is 128 Å². The summed E-state index contributed by atoms with van der Waals surface area (Å²) in [6.45, 7) is 5.57. The van der Waals surface area contributed by atoms with Gasteiger partial charge in [0.1, 0.15) is 5.01 Å². The molecule has 0 aliphatic carbocycles. The van der Waals surface area contributed by atoms with E-state index in [1.807, 2.05) is 13.8 Å². The van der Waals surface area contributed by atoms with Crippen molar-refractivity contribution in [1.29, 1.82) is 0 Å². The minimum atomic E-state index is -3.61. The monoisotopic (exact) mass is 326 g/mol.